The van der Waals surface area contributed by atoms with Gasteiger partial charge < -0.3 is 9.84 Å². The van der Waals surface area contributed by atoms with Crippen molar-refractivity contribution < 1.29 is 9.84 Å². The van der Waals surface area contributed by atoms with Gasteiger partial charge in [-0.1, -0.05) is 6.92 Å². The molecule has 2 nitrogen and oxygen atoms in total. The Hall–Kier alpha value is -0.380. The van der Waals surface area contributed by atoms with E-state index >= 15 is 0 Å². The van der Waals surface area contributed by atoms with Crippen LogP contribution in [-0.2, 0) is 11.2 Å². The van der Waals surface area contributed by atoms with Crippen molar-refractivity contribution in [2.45, 2.75) is 25.9 Å². The third-order valence-corrected chi connectivity index (χ3v) is 2.91. The highest BCUT2D eigenvalue weighted by Gasteiger charge is 2.10. The first-order valence-corrected chi connectivity index (χ1v) is 5.84. The van der Waals surface area contributed by atoms with Crippen molar-refractivity contribution in [1.82, 2.24) is 0 Å². The van der Waals surface area contributed by atoms with E-state index in [-0.39, 0.29) is 6.10 Å². The molecule has 1 aromatic rings. The predicted octanol–water partition coefficient (Wildman–Crippen LogP) is 2.32. The standard InChI is InChI=1S/C11H18O2S/c1-9(7-13-2)5-11(12)6-10-3-4-14-8-10/h3-4,8-9,11-12H,5-7H2,1-2H3. The number of aliphatic hydroxyl groups is 1. The lowest BCUT2D eigenvalue weighted by Crippen LogP contribution is -2.17. The van der Waals surface area contributed by atoms with Crippen LogP contribution in [-0.4, -0.2) is 24.9 Å². The van der Waals surface area contributed by atoms with Crippen LogP contribution in [0.4, 0.5) is 0 Å². The van der Waals surface area contributed by atoms with E-state index in [2.05, 4.69) is 18.4 Å². The predicted molar refractivity (Wildman–Crippen MR) is 59.7 cm³/mol. The summed E-state index contributed by atoms with van der Waals surface area (Å²) in [6, 6.07) is 2.06. The fourth-order valence-electron chi connectivity index (χ4n) is 1.58. The van der Waals surface area contributed by atoms with Crippen LogP contribution in [0.1, 0.15) is 18.9 Å². The molecule has 0 aliphatic heterocycles. The van der Waals surface area contributed by atoms with Gasteiger partial charge in [-0.05, 0) is 41.1 Å². The molecule has 3 heteroatoms. The van der Waals surface area contributed by atoms with Crippen LogP contribution < -0.4 is 0 Å². The molecule has 0 radical (unpaired) electrons. The summed E-state index contributed by atoms with van der Waals surface area (Å²) in [4.78, 5) is 0. The molecule has 80 valence electrons. The van der Waals surface area contributed by atoms with E-state index in [0.29, 0.717) is 5.92 Å². The number of ether oxygens (including phenoxy) is 1. The zero-order valence-corrected chi connectivity index (χ0v) is 9.59. The normalized spacial score (nSPS) is 15.4. The average molecular weight is 214 g/mol. The molecule has 0 aliphatic carbocycles. The molecule has 0 aliphatic rings. The second-order valence-corrected chi connectivity index (χ2v) is 4.57. The maximum atomic E-state index is 9.77. The van der Waals surface area contributed by atoms with Crippen LogP contribution in [0, 0.1) is 5.92 Å². The summed E-state index contributed by atoms with van der Waals surface area (Å²) in [6.07, 6.45) is 1.33. The molecule has 1 aromatic heterocycles. The zero-order valence-electron chi connectivity index (χ0n) is 8.77. The van der Waals surface area contributed by atoms with Gasteiger partial charge in [0.25, 0.3) is 0 Å². The highest BCUT2D eigenvalue weighted by atomic mass is 32.1. The maximum Gasteiger partial charge on any atom is 0.0584 e. The van der Waals surface area contributed by atoms with Crippen molar-refractivity contribution in [2.24, 2.45) is 5.92 Å². The number of hydrogen-bond donors (Lipinski definition) is 1. The molecule has 0 aromatic carbocycles. The van der Waals surface area contributed by atoms with Crippen LogP contribution >= 0.6 is 11.3 Å². The average Bonchev–Trinajstić information content (AvgIpc) is 2.56. The zero-order chi connectivity index (χ0) is 10.4. The molecule has 2 unspecified atom stereocenters. The van der Waals surface area contributed by atoms with Gasteiger partial charge in [0.2, 0.25) is 0 Å². The molecule has 0 spiro atoms. The van der Waals surface area contributed by atoms with E-state index < -0.39 is 0 Å². The van der Waals surface area contributed by atoms with Gasteiger partial charge in [-0.2, -0.15) is 11.3 Å². The molecule has 0 saturated heterocycles. The highest BCUT2D eigenvalue weighted by molar-refractivity contribution is 7.07. The molecule has 1 heterocycles. The summed E-state index contributed by atoms with van der Waals surface area (Å²) in [7, 11) is 1.70. The largest absolute Gasteiger partial charge is 0.393 e. The first kappa shape index (κ1) is 11.7. The van der Waals surface area contributed by atoms with Crippen molar-refractivity contribution in [3.63, 3.8) is 0 Å². The summed E-state index contributed by atoms with van der Waals surface area (Å²) >= 11 is 1.67. The number of methoxy groups -OCH3 is 1. The molecule has 1 N–H and O–H groups in total. The topological polar surface area (TPSA) is 29.5 Å². The minimum absolute atomic E-state index is 0.241. The van der Waals surface area contributed by atoms with E-state index in [4.69, 9.17) is 4.74 Å². The summed E-state index contributed by atoms with van der Waals surface area (Å²) in [6.45, 7) is 2.82. The van der Waals surface area contributed by atoms with E-state index in [1.165, 1.54) is 5.56 Å². The lowest BCUT2D eigenvalue weighted by Gasteiger charge is -2.14. The van der Waals surface area contributed by atoms with E-state index in [0.717, 1.165) is 19.4 Å². The van der Waals surface area contributed by atoms with Gasteiger partial charge >= 0.3 is 0 Å². The van der Waals surface area contributed by atoms with Crippen LogP contribution in [0.5, 0.6) is 0 Å². The number of hydrogen-bond acceptors (Lipinski definition) is 3. The van der Waals surface area contributed by atoms with E-state index in [1.54, 1.807) is 18.4 Å². The SMILES string of the molecule is COCC(C)CC(O)Cc1ccsc1. The summed E-state index contributed by atoms with van der Waals surface area (Å²) in [5, 5.41) is 13.9. The Balaban J connectivity index is 2.25. The fraction of sp³-hybridized carbons (Fsp3) is 0.636. The molecule has 2 atom stereocenters. The molecule has 1 rings (SSSR count). The van der Waals surface area contributed by atoms with Crippen molar-refractivity contribution in [3.05, 3.63) is 22.4 Å². The lowest BCUT2D eigenvalue weighted by atomic mass is 10.0. The van der Waals surface area contributed by atoms with Gasteiger partial charge in [0.05, 0.1) is 6.10 Å². The number of rotatable bonds is 6. The van der Waals surface area contributed by atoms with Gasteiger partial charge in [0.15, 0.2) is 0 Å². The summed E-state index contributed by atoms with van der Waals surface area (Å²) in [5.74, 6) is 0.425. The summed E-state index contributed by atoms with van der Waals surface area (Å²) < 4.78 is 5.03. The molecule has 14 heavy (non-hydrogen) atoms. The Morgan fingerprint density at radius 2 is 2.36 bits per heavy atom. The van der Waals surface area contributed by atoms with Gasteiger partial charge in [-0.15, -0.1) is 0 Å². The molecule has 0 bridgehead atoms. The Morgan fingerprint density at radius 1 is 1.57 bits per heavy atom. The Morgan fingerprint density at radius 3 is 2.93 bits per heavy atom. The van der Waals surface area contributed by atoms with Crippen molar-refractivity contribution >= 4 is 11.3 Å². The van der Waals surface area contributed by atoms with Gasteiger partial charge in [-0.25, -0.2) is 0 Å². The van der Waals surface area contributed by atoms with E-state index in [1.807, 2.05) is 5.38 Å². The third-order valence-electron chi connectivity index (χ3n) is 2.18. The first-order valence-electron chi connectivity index (χ1n) is 4.90. The lowest BCUT2D eigenvalue weighted by molar-refractivity contribution is 0.102. The first-order chi connectivity index (χ1) is 6.72. The van der Waals surface area contributed by atoms with Gasteiger partial charge in [0, 0.05) is 13.7 Å². The summed E-state index contributed by atoms with van der Waals surface area (Å²) in [5.41, 5.74) is 1.23. The Bertz CT molecular complexity index is 233. The number of aliphatic hydroxyl groups excluding tert-OH is 1. The van der Waals surface area contributed by atoms with Crippen LogP contribution in [0.3, 0.4) is 0 Å². The number of thiophene rings is 1. The Labute approximate surface area is 89.5 Å². The molecule has 0 amide bonds. The Kier molecular flexibility index (Phi) is 5.15. The maximum absolute atomic E-state index is 9.77. The van der Waals surface area contributed by atoms with Crippen molar-refractivity contribution in [2.75, 3.05) is 13.7 Å². The van der Waals surface area contributed by atoms with Gasteiger partial charge in [-0.3, -0.25) is 0 Å². The van der Waals surface area contributed by atoms with E-state index in [9.17, 15) is 5.11 Å². The van der Waals surface area contributed by atoms with Crippen molar-refractivity contribution in [1.29, 1.82) is 0 Å². The van der Waals surface area contributed by atoms with Crippen LogP contribution in [0.25, 0.3) is 0 Å². The van der Waals surface area contributed by atoms with Crippen LogP contribution in [0.15, 0.2) is 16.8 Å². The molecule has 0 fully saturated rings. The van der Waals surface area contributed by atoms with Crippen LogP contribution in [0.2, 0.25) is 0 Å². The van der Waals surface area contributed by atoms with Crippen molar-refractivity contribution in [3.8, 4) is 0 Å². The third kappa shape index (κ3) is 4.22. The smallest absolute Gasteiger partial charge is 0.0584 e. The monoisotopic (exact) mass is 214 g/mol. The molecule has 0 saturated carbocycles. The second kappa shape index (κ2) is 6.17. The quantitative estimate of drug-likeness (QED) is 0.787. The minimum Gasteiger partial charge on any atom is -0.393 e. The minimum atomic E-state index is -0.241. The highest BCUT2D eigenvalue weighted by Crippen LogP contribution is 2.13. The fourth-order valence-corrected chi connectivity index (χ4v) is 2.26. The second-order valence-electron chi connectivity index (χ2n) is 3.79. The molecular formula is C11H18O2S. The molecular weight excluding hydrogens is 196 g/mol. The van der Waals surface area contributed by atoms with Gasteiger partial charge in [0.1, 0.15) is 0 Å².